The molecule has 0 amide bonds. The van der Waals surface area contributed by atoms with Gasteiger partial charge in [-0.15, -0.1) is 0 Å². The predicted molar refractivity (Wildman–Crippen MR) is 100 cm³/mol. The molecule has 25 heavy (non-hydrogen) atoms. The Morgan fingerprint density at radius 2 is 1.72 bits per heavy atom. The molecule has 1 unspecified atom stereocenters. The minimum Gasteiger partial charge on any atom is -0.497 e. The number of aliphatic hydroxyl groups is 1. The molecule has 0 aliphatic carbocycles. The van der Waals surface area contributed by atoms with Crippen molar-refractivity contribution in [2.75, 3.05) is 26.1 Å². The number of anilines is 1. The van der Waals surface area contributed by atoms with Crippen LogP contribution in [0.1, 0.15) is 24.2 Å². The highest BCUT2D eigenvalue weighted by atomic mass is 16.5. The Kier molecular flexibility index (Phi) is 6.65. The van der Waals surface area contributed by atoms with Gasteiger partial charge in [0.1, 0.15) is 11.5 Å². The van der Waals surface area contributed by atoms with Crippen molar-refractivity contribution in [3.05, 3.63) is 53.6 Å². The van der Waals surface area contributed by atoms with Gasteiger partial charge in [-0.05, 0) is 41.8 Å². The maximum Gasteiger partial charge on any atom is 0.193 e. The molecule has 6 nitrogen and oxygen atoms in total. The summed E-state index contributed by atoms with van der Waals surface area (Å²) in [5.74, 6) is 1.47. The summed E-state index contributed by atoms with van der Waals surface area (Å²) in [6.45, 7) is 2.23. The molecule has 6 heteroatoms. The largest absolute Gasteiger partial charge is 0.497 e. The fourth-order valence-corrected chi connectivity index (χ4v) is 2.32. The van der Waals surface area contributed by atoms with Crippen LogP contribution in [0, 0.1) is 0 Å². The quantitative estimate of drug-likeness (QED) is 0.531. The summed E-state index contributed by atoms with van der Waals surface area (Å²) in [5.41, 5.74) is 8.66. The van der Waals surface area contributed by atoms with Gasteiger partial charge in [-0.1, -0.05) is 19.1 Å². The van der Waals surface area contributed by atoms with Crippen molar-refractivity contribution < 1.29 is 14.6 Å². The van der Waals surface area contributed by atoms with Gasteiger partial charge in [0.05, 0.1) is 26.9 Å². The summed E-state index contributed by atoms with van der Waals surface area (Å²) in [6, 6.07) is 13.2. The Labute approximate surface area is 148 Å². The standard InChI is InChI=1S/C19H25N3O3/c1-4-13-5-7-15(8-6-13)22-19(20)21-12-18(23)14-9-16(24-2)11-17(10-14)25-3/h5-11,18,23H,4,12H2,1-3H3,(H3,20,21,22). The lowest BCUT2D eigenvalue weighted by atomic mass is 10.1. The third-order valence-corrected chi connectivity index (χ3v) is 3.83. The lowest BCUT2D eigenvalue weighted by molar-refractivity contribution is 0.186. The van der Waals surface area contributed by atoms with E-state index >= 15 is 0 Å². The number of aliphatic imine (C=N–C) groups is 1. The molecule has 2 rings (SSSR count). The van der Waals surface area contributed by atoms with Crippen LogP contribution in [0.3, 0.4) is 0 Å². The first-order chi connectivity index (χ1) is 12.0. The van der Waals surface area contributed by atoms with E-state index in [0.717, 1.165) is 12.1 Å². The number of aryl methyl sites for hydroxylation is 1. The number of guanidine groups is 1. The van der Waals surface area contributed by atoms with E-state index < -0.39 is 6.10 Å². The summed E-state index contributed by atoms with van der Waals surface area (Å²) in [4.78, 5) is 4.20. The molecule has 2 aromatic rings. The number of hydrogen-bond donors (Lipinski definition) is 3. The van der Waals surface area contributed by atoms with Gasteiger partial charge in [0, 0.05) is 11.8 Å². The Morgan fingerprint density at radius 1 is 1.12 bits per heavy atom. The lowest BCUT2D eigenvalue weighted by Gasteiger charge is -2.13. The zero-order chi connectivity index (χ0) is 18.2. The van der Waals surface area contributed by atoms with Crippen LogP contribution in [0.25, 0.3) is 0 Å². The van der Waals surface area contributed by atoms with Crippen LogP contribution < -0.4 is 20.5 Å². The van der Waals surface area contributed by atoms with Gasteiger partial charge in [0.25, 0.3) is 0 Å². The van der Waals surface area contributed by atoms with Crippen molar-refractivity contribution in [3.8, 4) is 11.5 Å². The van der Waals surface area contributed by atoms with Gasteiger partial charge < -0.3 is 25.6 Å². The molecule has 0 bridgehead atoms. The average molecular weight is 343 g/mol. The average Bonchev–Trinajstić information content (AvgIpc) is 2.66. The zero-order valence-corrected chi connectivity index (χ0v) is 14.8. The Morgan fingerprint density at radius 3 is 2.24 bits per heavy atom. The molecule has 2 aromatic carbocycles. The van der Waals surface area contributed by atoms with E-state index in [1.54, 1.807) is 32.4 Å². The van der Waals surface area contributed by atoms with Gasteiger partial charge in [-0.3, -0.25) is 4.99 Å². The molecule has 0 heterocycles. The number of nitrogens with zero attached hydrogens (tertiary/aromatic N) is 1. The van der Waals surface area contributed by atoms with Crippen molar-refractivity contribution in [2.45, 2.75) is 19.4 Å². The molecule has 0 spiro atoms. The fraction of sp³-hybridized carbons (Fsp3) is 0.316. The molecule has 0 radical (unpaired) electrons. The third kappa shape index (κ3) is 5.39. The molecule has 0 aliphatic heterocycles. The van der Waals surface area contributed by atoms with E-state index in [9.17, 15) is 5.11 Å². The van der Waals surface area contributed by atoms with Crippen LogP contribution in [-0.4, -0.2) is 31.8 Å². The van der Waals surface area contributed by atoms with E-state index in [1.165, 1.54) is 5.56 Å². The van der Waals surface area contributed by atoms with E-state index in [0.29, 0.717) is 17.1 Å². The molecule has 4 N–H and O–H groups in total. The summed E-state index contributed by atoms with van der Waals surface area (Å²) in [6.07, 6.45) is 0.173. The Balaban J connectivity index is 2.01. The van der Waals surface area contributed by atoms with Crippen LogP contribution >= 0.6 is 0 Å². The topological polar surface area (TPSA) is 89.1 Å². The molecule has 0 fully saturated rings. The Bertz CT molecular complexity index is 692. The molecule has 134 valence electrons. The smallest absolute Gasteiger partial charge is 0.193 e. The maximum absolute atomic E-state index is 10.3. The third-order valence-electron chi connectivity index (χ3n) is 3.83. The van der Waals surface area contributed by atoms with Crippen LogP contribution in [0.15, 0.2) is 47.5 Å². The van der Waals surface area contributed by atoms with Gasteiger partial charge in [-0.25, -0.2) is 0 Å². The maximum atomic E-state index is 10.3. The van der Waals surface area contributed by atoms with E-state index in [-0.39, 0.29) is 12.5 Å². The van der Waals surface area contributed by atoms with Crippen molar-refractivity contribution in [3.63, 3.8) is 0 Å². The van der Waals surface area contributed by atoms with Gasteiger partial charge in [-0.2, -0.15) is 0 Å². The first-order valence-corrected chi connectivity index (χ1v) is 8.12. The van der Waals surface area contributed by atoms with Crippen molar-refractivity contribution >= 4 is 11.6 Å². The fourth-order valence-electron chi connectivity index (χ4n) is 2.32. The molecule has 0 aromatic heterocycles. The van der Waals surface area contributed by atoms with Gasteiger partial charge in [0.2, 0.25) is 0 Å². The first-order valence-electron chi connectivity index (χ1n) is 8.12. The number of aliphatic hydroxyl groups excluding tert-OH is 1. The zero-order valence-electron chi connectivity index (χ0n) is 14.8. The first kappa shape index (κ1) is 18.6. The van der Waals surface area contributed by atoms with E-state index in [1.807, 2.05) is 24.3 Å². The van der Waals surface area contributed by atoms with Gasteiger partial charge in [0.15, 0.2) is 5.96 Å². The number of ether oxygens (including phenoxy) is 2. The lowest BCUT2D eigenvalue weighted by Crippen LogP contribution is -2.23. The summed E-state index contributed by atoms with van der Waals surface area (Å²) in [7, 11) is 3.13. The number of rotatable bonds is 7. The normalized spacial score (nSPS) is 12.6. The number of benzene rings is 2. The molecule has 0 saturated carbocycles. The van der Waals surface area contributed by atoms with E-state index in [4.69, 9.17) is 15.2 Å². The van der Waals surface area contributed by atoms with Gasteiger partial charge >= 0.3 is 0 Å². The van der Waals surface area contributed by atoms with Crippen LogP contribution in [0.4, 0.5) is 5.69 Å². The van der Waals surface area contributed by atoms with Crippen LogP contribution in [0.5, 0.6) is 11.5 Å². The van der Waals surface area contributed by atoms with Crippen molar-refractivity contribution in [1.82, 2.24) is 0 Å². The number of methoxy groups -OCH3 is 2. The number of hydrogen-bond acceptors (Lipinski definition) is 4. The number of nitrogens with one attached hydrogen (secondary N) is 1. The molecular weight excluding hydrogens is 318 g/mol. The van der Waals surface area contributed by atoms with E-state index in [2.05, 4.69) is 17.2 Å². The molecule has 0 aliphatic rings. The predicted octanol–water partition coefficient (Wildman–Crippen LogP) is 2.73. The van der Waals surface area contributed by atoms with Crippen molar-refractivity contribution in [2.24, 2.45) is 10.7 Å². The SMILES string of the molecule is CCc1ccc(NC(N)=NCC(O)c2cc(OC)cc(OC)c2)cc1. The second kappa shape index (κ2) is 8.94. The minimum atomic E-state index is -0.813. The second-order valence-electron chi connectivity index (χ2n) is 5.56. The molecule has 0 saturated heterocycles. The summed E-state index contributed by atoms with van der Waals surface area (Å²) in [5, 5.41) is 13.4. The monoisotopic (exact) mass is 343 g/mol. The highest BCUT2D eigenvalue weighted by molar-refractivity contribution is 5.92. The molecule has 1 atom stereocenters. The minimum absolute atomic E-state index is 0.127. The van der Waals surface area contributed by atoms with Crippen LogP contribution in [0.2, 0.25) is 0 Å². The number of nitrogens with two attached hydrogens (primary N) is 1. The summed E-state index contributed by atoms with van der Waals surface area (Å²) < 4.78 is 10.4. The van der Waals surface area contributed by atoms with Crippen molar-refractivity contribution in [1.29, 1.82) is 0 Å². The second-order valence-corrected chi connectivity index (χ2v) is 5.56. The van der Waals surface area contributed by atoms with Crippen LogP contribution in [-0.2, 0) is 6.42 Å². The molecular formula is C19H25N3O3. The summed E-state index contributed by atoms with van der Waals surface area (Å²) >= 11 is 0. The highest BCUT2D eigenvalue weighted by Crippen LogP contribution is 2.26. The Hall–Kier alpha value is -2.73. The highest BCUT2D eigenvalue weighted by Gasteiger charge is 2.11.